The van der Waals surface area contributed by atoms with E-state index in [-0.39, 0.29) is 0 Å². The molecule has 3 rings (SSSR count). The van der Waals surface area contributed by atoms with E-state index in [4.69, 9.17) is 4.74 Å². The Hall–Kier alpha value is -2.17. The maximum Gasteiger partial charge on any atom is 0.332 e. The summed E-state index contributed by atoms with van der Waals surface area (Å²) in [5.74, 6) is -1.36. The van der Waals surface area contributed by atoms with Crippen LogP contribution in [0.4, 0.5) is 0 Å². The first-order valence-corrected chi connectivity index (χ1v) is 6.43. The molecule has 1 aromatic rings. The van der Waals surface area contributed by atoms with Crippen molar-refractivity contribution in [1.82, 2.24) is 4.90 Å². The van der Waals surface area contributed by atoms with E-state index in [1.807, 2.05) is 13.8 Å². The fourth-order valence-corrected chi connectivity index (χ4v) is 3.12. The van der Waals surface area contributed by atoms with Crippen molar-refractivity contribution in [3.05, 3.63) is 35.4 Å². The highest BCUT2D eigenvalue weighted by atomic mass is 16.5. The van der Waals surface area contributed by atoms with Crippen LogP contribution in [0.5, 0.6) is 0 Å². The van der Waals surface area contributed by atoms with Gasteiger partial charge in [0.1, 0.15) is 0 Å². The van der Waals surface area contributed by atoms with Crippen molar-refractivity contribution in [1.29, 1.82) is 0 Å². The van der Waals surface area contributed by atoms with Crippen molar-refractivity contribution in [2.45, 2.75) is 25.8 Å². The highest BCUT2D eigenvalue weighted by Gasteiger charge is 2.74. The number of imide groups is 1. The van der Waals surface area contributed by atoms with Gasteiger partial charge in [-0.15, -0.1) is 0 Å². The molecule has 0 saturated heterocycles. The van der Waals surface area contributed by atoms with E-state index < -0.39 is 28.7 Å². The van der Waals surface area contributed by atoms with Crippen LogP contribution in [-0.2, 0) is 9.53 Å². The van der Waals surface area contributed by atoms with Crippen LogP contribution in [0, 0.1) is 5.41 Å². The summed E-state index contributed by atoms with van der Waals surface area (Å²) in [5.41, 5.74) is -0.936. The van der Waals surface area contributed by atoms with Crippen molar-refractivity contribution in [2.75, 3.05) is 7.11 Å². The van der Waals surface area contributed by atoms with Gasteiger partial charge in [0.2, 0.25) is 0 Å². The smallest absolute Gasteiger partial charge is 0.332 e. The second-order valence-electron chi connectivity index (χ2n) is 5.90. The zero-order valence-electron chi connectivity index (χ0n) is 11.6. The molecule has 1 heterocycles. The first kappa shape index (κ1) is 12.8. The second-order valence-corrected chi connectivity index (χ2v) is 5.90. The number of nitrogens with zero attached hydrogens (tertiary/aromatic N) is 1. The largest absolute Gasteiger partial charge is 0.467 e. The van der Waals surface area contributed by atoms with Gasteiger partial charge in [0.25, 0.3) is 11.8 Å². The molecule has 0 aromatic heterocycles. The first-order valence-electron chi connectivity index (χ1n) is 6.43. The average molecular weight is 273 g/mol. The molecule has 0 radical (unpaired) electrons. The number of rotatable bonds is 2. The van der Waals surface area contributed by atoms with Gasteiger partial charge in [-0.1, -0.05) is 26.0 Å². The monoisotopic (exact) mass is 273 g/mol. The van der Waals surface area contributed by atoms with Crippen LogP contribution in [0.3, 0.4) is 0 Å². The number of benzene rings is 1. The van der Waals surface area contributed by atoms with Crippen LogP contribution in [-0.4, -0.2) is 35.3 Å². The van der Waals surface area contributed by atoms with Crippen LogP contribution in [0.1, 0.15) is 41.0 Å². The summed E-state index contributed by atoms with van der Waals surface area (Å²) >= 11 is 0. The highest BCUT2D eigenvalue weighted by Crippen LogP contribution is 2.61. The first-order chi connectivity index (χ1) is 9.37. The van der Waals surface area contributed by atoms with Crippen molar-refractivity contribution >= 4 is 17.8 Å². The van der Waals surface area contributed by atoms with Gasteiger partial charge in [-0.3, -0.25) is 14.5 Å². The summed E-state index contributed by atoms with van der Waals surface area (Å²) in [5, 5.41) is 0. The predicted molar refractivity (Wildman–Crippen MR) is 70.1 cm³/mol. The van der Waals surface area contributed by atoms with Crippen LogP contribution < -0.4 is 0 Å². The minimum absolute atomic E-state index is 0.350. The van der Waals surface area contributed by atoms with E-state index in [9.17, 15) is 14.4 Å². The predicted octanol–water partition coefficient (Wildman–Crippen LogP) is 1.62. The maximum absolute atomic E-state index is 12.5. The third-order valence-corrected chi connectivity index (χ3v) is 4.39. The number of hydrogen-bond donors (Lipinski definition) is 0. The Morgan fingerprint density at radius 2 is 1.60 bits per heavy atom. The van der Waals surface area contributed by atoms with Gasteiger partial charge in [-0.05, 0) is 18.6 Å². The summed E-state index contributed by atoms with van der Waals surface area (Å²) in [6.07, 6.45) is 0.429. The number of methoxy groups -OCH3 is 1. The van der Waals surface area contributed by atoms with Gasteiger partial charge in [0, 0.05) is 5.41 Å². The zero-order valence-corrected chi connectivity index (χ0v) is 11.6. The fraction of sp³-hybridized carbons (Fsp3) is 0.400. The number of carbonyl (C=O) groups is 3. The quantitative estimate of drug-likeness (QED) is 0.607. The van der Waals surface area contributed by atoms with Crippen molar-refractivity contribution < 1.29 is 19.1 Å². The molecule has 5 nitrogen and oxygen atoms in total. The van der Waals surface area contributed by atoms with E-state index in [1.165, 1.54) is 7.11 Å². The lowest BCUT2D eigenvalue weighted by atomic mass is 10.0. The molecule has 2 amide bonds. The van der Waals surface area contributed by atoms with Crippen LogP contribution in [0.2, 0.25) is 0 Å². The van der Waals surface area contributed by atoms with E-state index in [2.05, 4.69) is 0 Å². The summed E-state index contributed by atoms with van der Waals surface area (Å²) in [6.45, 7) is 3.71. The van der Waals surface area contributed by atoms with Crippen LogP contribution in [0.25, 0.3) is 0 Å². The number of esters is 1. The fourth-order valence-electron chi connectivity index (χ4n) is 3.12. The van der Waals surface area contributed by atoms with E-state index >= 15 is 0 Å². The van der Waals surface area contributed by atoms with Crippen molar-refractivity contribution in [2.24, 2.45) is 5.41 Å². The molecule has 1 aliphatic heterocycles. The van der Waals surface area contributed by atoms with Gasteiger partial charge in [0.15, 0.2) is 5.54 Å². The Bertz CT molecular complexity index is 614. The molecular weight excluding hydrogens is 258 g/mol. The molecule has 5 heteroatoms. The number of amides is 2. The molecule has 0 bridgehead atoms. The zero-order chi connectivity index (χ0) is 14.7. The summed E-state index contributed by atoms with van der Waals surface area (Å²) in [6, 6.07) is 6.62. The Morgan fingerprint density at radius 3 is 1.95 bits per heavy atom. The molecule has 1 saturated carbocycles. The summed E-state index contributed by atoms with van der Waals surface area (Å²) < 4.78 is 4.84. The van der Waals surface area contributed by atoms with Crippen molar-refractivity contribution in [3.63, 3.8) is 0 Å². The topological polar surface area (TPSA) is 63.7 Å². The molecule has 1 fully saturated rings. The molecule has 1 aliphatic carbocycles. The Morgan fingerprint density at radius 1 is 1.15 bits per heavy atom. The van der Waals surface area contributed by atoms with E-state index in [1.54, 1.807) is 24.3 Å². The summed E-state index contributed by atoms with van der Waals surface area (Å²) in [4.78, 5) is 38.3. The number of ether oxygens (including phenoxy) is 1. The molecule has 1 aromatic carbocycles. The number of hydrogen-bond acceptors (Lipinski definition) is 4. The minimum atomic E-state index is -1.17. The molecular formula is C15H15NO4. The third-order valence-electron chi connectivity index (χ3n) is 4.39. The lowest BCUT2D eigenvalue weighted by molar-refractivity contribution is -0.148. The average Bonchev–Trinajstić information content (AvgIpc) is 2.91. The highest BCUT2D eigenvalue weighted by molar-refractivity contribution is 6.24. The lowest BCUT2D eigenvalue weighted by Gasteiger charge is -2.27. The molecule has 2 aliphatic rings. The van der Waals surface area contributed by atoms with Gasteiger partial charge >= 0.3 is 5.97 Å². The normalized spacial score (nSPS) is 26.4. The number of fused-ring (bicyclic) bond motifs is 1. The van der Waals surface area contributed by atoms with Crippen LogP contribution >= 0.6 is 0 Å². The molecule has 0 N–H and O–H groups in total. The molecule has 20 heavy (non-hydrogen) atoms. The van der Waals surface area contributed by atoms with Crippen LogP contribution in [0.15, 0.2) is 24.3 Å². The van der Waals surface area contributed by atoms with E-state index in [0.29, 0.717) is 17.5 Å². The van der Waals surface area contributed by atoms with Gasteiger partial charge in [-0.25, -0.2) is 4.79 Å². The third kappa shape index (κ3) is 1.30. The standard InChI is InChI=1S/C15H15NO4/c1-14(2)8-15(14,13(19)20-3)16-11(17)9-6-4-5-7-10(9)12(16)18/h4-7H,8H2,1-3H3/t15-/m1/s1. The summed E-state index contributed by atoms with van der Waals surface area (Å²) in [7, 11) is 1.27. The lowest BCUT2D eigenvalue weighted by Crippen LogP contribution is -2.50. The Balaban J connectivity index is 2.11. The Kier molecular flexibility index (Phi) is 2.37. The maximum atomic E-state index is 12.5. The van der Waals surface area contributed by atoms with Crippen molar-refractivity contribution in [3.8, 4) is 0 Å². The number of carbonyl (C=O) groups excluding carboxylic acids is 3. The Labute approximate surface area is 116 Å². The molecule has 1 atom stereocenters. The van der Waals surface area contributed by atoms with Gasteiger partial charge in [-0.2, -0.15) is 0 Å². The second kappa shape index (κ2) is 3.69. The molecule has 0 unspecified atom stereocenters. The SMILES string of the molecule is COC(=O)[C@]1(N2C(=O)c3ccccc3C2=O)CC1(C)C. The minimum Gasteiger partial charge on any atom is -0.467 e. The van der Waals surface area contributed by atoms with E-state index in [0.717, 1.165) is 4.90 Å². The van der Waals surface area contributed by atoms with Gasteiger partial charge in [0.05, 0.1) is 18.2 Å². The molecule has 104 valence electrons. The van der Waals surface area contributed by atoms with Gasteiger partial charge < -0.3 is 4.74 Å². The molecule has 0 spiro atoms.